The molecule has 0 amide bonds. The molecule has 0 radical (unpaired) electrons. The number of nitrogens with one attached hydrogen (secondary N) is 1. The lowest BCUT2D eigenvalue weighted by Crippen LogP contribution is -1.99. The van der Waals surface area contributed by atoms with Gasteiger partial charge in [-0.2, -0.15) is 5.26 Å². The zero-order chi connectivity index (χ0) is 13.8. The standard InChI is InChI=1S/C13H10N4O2/c1-9-3-2-4-10(7-9)15-13-6-5-12(17(18)19)11(8-14)16-13/h2-7H,1H3,(H,15,16). The highest BCUT2D eigenvalue weighted by Crippen LogP contribution is 2.21. The molecule has 19 heavy (non-hydrogen) atoms. The number of pyridine rings is 1. The quantitative estimate of drug-likeness (QED) is 0.671. The minimum Gasteiger partial charge on any atom is -0.340 e. The van der Waals surface area contributed by atoms with Gasteiger partial charge in [-0.25, -0.2) is 4.98 Å². The largest absolute Gasteiger partial charge is 0.340 e. The van der Waals surface area contributed by atoms with E-state index in [1.54, 1.807) is 6.07 Å². The summed E-state index contributed by atoms with van der Waals surface area (Å²) in [5.74, 6) is 0.396. The van der Waals surface area contributed by atoms with E-state index in [1.165, 1.54) is 12.1 Å². The van der Waals surface area contributed by atoms with Crippen LogP contribution in [0.15, 0.2) is 36.4 Å². The Kier molecular flexibility index (Phi) is 3.39. The van der Waals surface area contributed by atoms with Gasteiger partial charge in [-0.15, -0.1) is 0 Å². The summed E-state index contributed by atoms with van der Waals surface area (Å²) in [6, 6.07) is 12.1. The summed E-state index contributed by atoms with van der Waals surface area (Å²) in [5, 5.41) is 22.5. The molecule has 6 heteroatoms. The zero-order valence-corrected chi connectivity index (χ0v) is 10.1. The van der Waals surface area contributed by atoms with E-state index in [0.717, 1.165) is 11.3 Å². The van der Waals surface area contributed by atoms with Gasteiger partial charge in [0.05, 0.1) is 4.92 Å². The number of hydrogen-bond acceptors (Lipinski definition) is 5. The summed E-state index contributed by atoms with van der Waals surface area (Å²) in [6.07, 6.45) is 0. The molecule has 0 saturated carbocycles. The molecule has 6 nitrogen and oxygen atoms in total. The Morgan fingerprint density at radius 2 is 2.16 bits per heavy atom. The van der Waals surface area contributed by atoms with Crippen molar-refractivity contribution in [2.75, 3.05) is 5.32 Å². The molecule has 94 valence electrons. The molecule has 0 saturated heterocycles. The van der Waals surface area contributed by atoms with Crippen molar-refractivity contribution >= 4 is 17.2 Å². The second kappa shape index (κ2) is 5.14. The topological polar surface area (TPSA) is 91.9 Å². The first kappa shape index (κ1) is 12.5. The molecule has 2 aromatic rings. The van der Waals surface area contributed by atoms with Crippen LogP contribution in [0.3, 0.4) is 0 Å². The maximum absolute atomic E-state index is 10.7. The second-order valence-electron chi connectivity index (χ2n) is 3.93. The van der Waals surface area contributed by atoms with Gasteiger partial charge in [0.25, 0.3) is 0 Å². The van der Waals surface area contributed by atoms with E-state index in [0.29, 0.717) is 5.82 Å². The van der Waals surface area contributed by atoms with Gasteiger partial charge in [-0.05, 0) is 30.7 Å². The second-order valence-corrected chi connectivity index (χ2v) is 3.93. The van der Waals surface area contributed by atoms with Gasteiger partial charge >= 0.3 is 5.69 Å². The van der Waals surface area contributed by atoms with Gasteiger partial charge in [0.15, 0.2) is 0 Å². The molecule has 0 aliphatic heterocycles. The maximum Gasteiger partial charge on any atom is 0.305 e. The summed E-state index contributed by atoms with van der Waals surface area (Å²) >= 11 is 0. The molecule has 0 atom stereocenters. The molecule has 2 rings (SSSR count). The number of nitriles is 1. The van der Waals surface area contributed by atoms with Crippen LogP contribution in [0.1, 0.15) is 11.3 Å². The molecule has 0 spiro atoms. The minimum absolute atomic E-state index is 0.206. The monoisotopic (exact) mass is 254 g/mol. The van der Waals surface area contributed by atoms with Crippen molar-refractivity contribution in [3.63, 3.8) is 0 Å². The van der Waals surface area contributed by atoms with Crippen molar-refractivity contribution in [2.45, 2.75) is 6.92 Å². The van der Waals surface area contributed by atoms with Crippen LogP contribution in [0.25, 0.3) is 0 Å². The van der Waals surface area contributed by atoms with Gasteiger partial charge in [0.2, 0.25) is 5.69 Å². The van der Waals surface area contributed by atoms with Crippen molar-refractivity contribution in [3.05, 3.63) is 57.8 Å². The van der Waals surface area contributed by atoms with Gasteiger partial charge in [0.1, 0.15) is 11.9 Å². The lowest BCUT2D eigenvalue weighted by molar-refractivity contribution is -0.385. The van der Waals surface area contributed by atoms with Crippen LogP contribution >= 0.6 is 0 Å². The first-order valence-corrected chi connectivity index (χ1v) is 5.49. The van der Waals surface area contributed by atoms with Crippen LogP contribution < -0.4 is 5.32 Å². The fourth-order valence-corrected chi connectivity index (χ4v) is 1.62. The van der Waals surface area contributed by atoms with Crippen molar-refractivity contribution in [2.24, 2.45) is 0 Å². The van der Waals surface area contributed by atoms with E-state index in [-0.39, 0.29) is 11.4 Å². The lowest BCUT2D eigenvalue weighted by Gasteiger charge is -2.06. The highest BCUT2D eigenvalue weighted by atomic mass is 16.6. The molecule has 0 fully saturated rings. The zero-order valence-electron chi connectivity index (χ0n) is 10.1. The van der Waals surface area contributed by atoms with Gasteiger partial charge in [-0.1, -0.05) is 12.1 Å². The number of benzene rings is 1. The van der Waals surface area contributed by atoms with Crippen LogP contribution in [0.2, 0.25) is 0 Å². The molecule has 1 aromatic heterocycles. The molecular weight excluding hydrogens is 244 g/mol. The summed E-state index contributed by atoms with van der Waals surface area (Å²) in [6.45, 7) is 1.95. The van der Waals surface area contributed by atoms with E-state index in [2.05, 4.69) is 10.3 Å². The Hall–Kier alpha value is -2.94. The van der Waals surface area contributed by atoms with Gasteiger partial charge in [-0.3, -0.25) is 10.1 Å². The Morgan fingerprint density at radius 1 is 1.37 bits per heavy atom. The van der Waals surface area contributed by atoms with Crippen LogP contribution in [0.4, 0.5) is 17.2 Å². The molecule has 1 heterocycles. The number of nitrogens with zero attached hydrogens (tertiary/aromatic N) is 3. The van der Waals surface area contributed by atoms with E-state index in [4.69, 9.17) is 5.26 Å². The molecule has 0 bridgehead atoms. The predicted molar refractivity (Wildman–Crippen MR) is 70.1 cm³/mol. The molecular formula is C13H10N4O2. The highest BCUT2D eigenvalue weighted by molar-refractivity contribution is 5.59. The number of rotatable bonds is 3. The summed E-state index contributed by atoms with van der Waals surface area (Å²) in [5.41, 5.74) is 1.39. The first-order valence-electron chi connectivity index (χ1n) is 5.49. The molecule has 0 aliphatic carbocycles. The van der Waals surface area contributed by atoms with Crippen molar-refractivity contribution in [3.8, 4) is 6.07 Å². The number of aryl methyl sites for hydroxylation is 1. The van der Waals surface area contributed by atoms with Crippen LogP contribution in [-0.4, -0.2) is 9.91 Å². The lowest BCUT2D eigenvalue weighted by atomic mass is 10.2. The van der Waals surface area contributed by atoms with Gasteiger partial charge in [0, 0.05) is 11.8 Å². The number of nitro groups is 1. The summed E-state index contributed by atoms with van der Waals surface area (Å²) in [7, 11) is 0. The number of anilines is 2. The third kappa shape index (κ3) is 2.84. The average molecular weight is 254 g/mol. The van der Waals surface area contributed by atoms with E-state index in [1.807, 2.05) is 31.2 Å². The van der Waals surface area contributed by atoms with Crippen molar-refractivity contribution in [1.29, 1.82) is 5.26 Å². The van der Waals surface area contributed by atoms with Gasteiger partial charge < -0.3 is 5.32 Å². The van der Waals surface area contributed by atoms with Crippen LogP contribution in [0.5, 0.6) is 0 Å². The summed E-state index contributed by atoms with van der Waals surface area (Å²) in [4.78, 5) is 14.0. The maximum atomic E-state index is 10.7. The SMILES string of the molecule is Cc1cccc(Nc2ccc([N+](=O)[O-])c(C#N)n2)c1. The Balaban J connectivity index is 2.32. The highest BCUT2D eigenvalue weighted by Gasteiger charge is 2.15. The molecule has 0 aliphatic rings. The average Bonchev–Trinajstić information content (AvgIpc) is 2.38. The number of aromatic nitrogens is 1. The van der Waals surface area contributed by atoms with Crippen LogP contribution in [0, 0.1) is 28.4 Å². The Labute approximate surface area is 109 Å². The Morgan fingerprint density at radius 3 is 2.79 bits per heavy atom. The Bertz CT molecular complexity index is 677. The van der Waals surface area contributed by atoms with E-state index < -0.39 is 4.92 Å². The molecule has 0 unspecified atom stereocenters. The van der Waals surface area contributed by atoms with Crippen LogP contribution in [-0.2, 0) is 0 Å². The molecule has 1 aromatic carbocycles. The fourth-order valence-electron chi connectivity index (χ4n) is 1.62. The van der Waals surface area contributed by atoms with Crippen molar-refractivity contribution < 1.29 is 4.92 Å². The fraction of sp³-hybridized carbons (Fsp3) is 0.0769. The normalized spacial score (nSPS) is 9.68. The molecule has 1 N–H and O–H groups in total. The van der Waals surface area contributed by atoms with Crippen molar-refractivity contribution in [1.82, 2.24) is 4.98 Å². The van der Waals surface area contributed by atoms with E-state index >= 15 is 0 Å². The summed E-state index contributed by atoms with van der Waals surface area (Å²) < 4.78 is 0. The third-order valence-corrected chi connectivity index (χ3v) is 2.47. The van der Waals surface area contributed by atoms with E-state index in [9.17, 15) is 10.1 Å². The smallest absolute Gasteiger partial charge is 0.305 e. The third-order valence-electron chi connectivity index (χ3n) is 2.47. The first-order chi connectivity index (χ1) is 9.10. The minimum atomic E-state index is -0.623. The predicted octanol–water partition coefficient (Wildman–Crippen LogP) is 2.91. The number of hydrogen-bond donors (Lipinski definition) is 1.